The first-order valence-electron chi connectivity index (χ1n) is 9.47. The molecule has 2 aliphatic heterocycles. The van der Waals surface area contributed by atoms with Crippen molar-refractivity contribution in [2.75, 3.05) is 24.6 Å². The van der Waals surface area contributed by atoms with Gasteiger partial charge in [0.05, 0.1) is 5.41 Å². The molecule has 2 aliphatic rings. The van der Waals surface area contributed by atoms with Crippen molar-refractivity contribution in [3.8, 4) is 0 Å². The predicted octanol–water partition coefficient (Wildman–Crippen LogP) is 3.50. The fourth-order valence-corrected chi connectivity index (χ4v) is 4.60. The van der Waals surface area contributed by atoms with Crippen molar-refractivity contribution in [2.24, 2.45) is 0 Å². The lowest BCUT2D eigenvalue weighted by atomic mass is 9.80. The van der Waals surface area contributed by atoms with Gasteiger partial charge in [-0.2, -0.15) is 0 Å². The monoisotopic (exact) mass is 486 g/mol. The number of pyridine rings is 1. The summed E-state index contributed by atoms with van der Waals surface area (Å²) in [6, 6.07) is 7.52. The molecule has 2 atom stereocenters. The Morgan fingerprint density at radius 2 is 2.06 bits per heavy atom. The SMILES string of the molecule is O=C1NOCC1NC(=S)c1ccc(N2CCC(c3cc(Cl)cc(Cl)c3)(C(F)F)C2)nc1. The van der Waals surface area contributed by atoms with Crippen molar-refractivity contribution in [3.05, 3.63) is 57.7 Å². The average molecular weight is 487 g/mol. The van der Waals surface area contributed by atoms with Crippen molar-refractivity contribution >= 4 is 52.1 Å². The highest BCUT2D eigenvalue weighted by Crippen LogP contribution is 2.42. The summed E-state index contributed by atoms with van der Waals surface area (Å²) in [5.41, 5.74) is 1.89. The van der Waals surface area contributed by atoms with E-state index in [0.717, 1.165) is 0 Å². The van der Waals surface area contributed by atoms with Crippen LogP contribution in [0, 0.1) is 0 Å². The van der Waals surface area contributed by atoms with Gasteiger partial charge in [-0.05, 0) is 42.3 Å². The number of halogens is 4. The fourth-order valence-electron chi connectivity index (χ4n) is 3.81. The molecule has 31 heavy (non-hydrogen) atoms. The highest BCUT2D eigenvalue weighted by molar-refractivity contribution is 7.80. The zero-order chi connectivity index (χ0) is 22.2. The molecule has 6 nitrogen and oxygen atoms in total. The number of anilines is 1. The minimum Gasteiger partial charge on any atom is -0.362 e. The summed E-state index contributed by atoms with van der Waals surface area (Å²) in [5.74, 6) is 0.262. The number of carbonyl (C=O) groups excluding carboxylic acids is 1. The average Bonchev–Trinajstić information content (AvgIpc) is 3.35. The number of thiocarbonyl (C=S) groups is 1. The number of benzene rings is 1. The van der Waals surface area contributed by atoms with Crippen LogP contribution in [-0.2, 0) is 15.0 Å². The normalized spacial score (nSPS) is 23.3. The Kier molecular flexibility index (Phi) is 6.30. The second kappa shape index (κ2) is 8.82. The maximum atomic E-state index is 14.2. The summed E-state index contributed by atoms with van der Waals surface area (Å²) in [6.07, 6.45) is -0.804. The Morgan fingerprint density at radius 1 is 1.32 bits per heavy atom. The molecule has 1 amide bonds. The smallest absolute Gasteiger partial charge is 0.268 e. The molecule has 3 heterocycles. The third-order valence-corrected chi connectivity index (χ3v) is 6.32. The zero-order valence-electron chi connectivity index (χ0n) is 16.1. The fraction of sp³-hybridized carbons (Fsp3) is 0.350. The molecule has 1 aromatic heterocycles. The van der Waals surface area contributed by atoms with Crippen molar-refractivity contribution in [2.45, 2.75) is 24.3 Å². The van der Waals surface area contributed by atoms with Crippen LogP contribution in [0.3, 0.4) is 0 Å². The minimum absolute atomic E-state index is 0.0793. The van der Waals surface area contributed by atoms with E-state index < -0.39 is 17.9 Å². The van der Waals surface area contributed by atoms with Crippen molar-refractivity contribution < 1.29 is 18.4 Å². The van der Waals surface area contributed by atoms with Gasteiger partial charge >= 0.3 is 0 Å². The Hall–Kier alpha value is -2.07. The molecule has 0 saturated carbocycles. The molecule has 2 fully saturated rings. The summed E-state index contributed by atoms with van der Waals surface area (Å²) >= 11 is 17.4. The van der Waals surface area contributed by atoms with Gasteiger partial charge in [0.25, 0.3) is 5.91 Å². The minimum atomic E-state index is -2.59. The van der Waals surface area contributed by atoms with Crippen molar-refractivity contribution in [1.82, 2.24) is 15.8 Å². The second-order valence-electron chi connectivity index (χ2n) is 7.49. The molecule has 2 unspecified atom stereocenters. The highest BCUT2D eigenvalue weighted by Gasteiger charge is 2.48. The molecule has 2 N–H and O–H groups in total. The van der Waals surface area contributed by atoms with Gasteiger partial charge in [0.15, 0.2) is 0 Å². The molecule has 2 aromatic rings. The summed E-state index contributed by atoms with van der Waals surface area (Å²) < 4.78 is 28.5. The van der Waals surface area contributed by atoms with E-state index >= 15 is 0 Å². The molecule has 0 bridgehead atoms. The maximum Gasteiger partial charge on any atom is 0.268 e. The van der Waals surface area contributed by atoms with Gasteiger partial charge in [0, 0.05) is 34.9 Å². The number of hydroxylamine groups is 1. The Morgan fingerprint density at radius 3 is 2.65 bits per heavy atom. The van der Waals surface area contributed by atoms with Crippen LogP contribution in [0.1, 0.15) is 17.5 Å². The van der Waals surface area contributed by atoms with Crippen LogP contribution in [-0.4, -0.2) is 48.0 Å². The van der Waals surface area contributed by atoms with E-state index in [0.29, 0.717) is 38.5 Å². The first-order chi connectivity index (χ1) is 14.8. The van der Waals surface area contributed by atoms with Crippen molar-refractivity contribution in [1.29, 1.82) is 0 Å². The van der Waals surface area contributed by atoms with Gasteiger partial charge < -0.3 is 10.2 Å². The number of nitrogens with one attached hydrogen (secondary N) is 2. The van der Waals surface area contributed by atoms with Gasteiger partial charge in [-0.1, -0.05) is 35.4 Å². The molecular formula is C20H18Cl2F2N4O2S. The lowest BCUT2D eigenvalue weighted by molar-refractivity contribution is -0.124. The number of amides is 1. The number of carbonyl (C=O) groups is 1. The molecule has 164 valence electrons. The first-order valence-corrected chi connectivity index (χ1v) is 10.6. The number of hydrogen-bond donors (Lipinski definition) is 2. The van der Waals surface area contributed by atoms with E-state index in [1.807, 2.05) is 0 Å². The zero-order valence-corrected chi connectivity index (χ0v) is 18.4. The third-order valence-electron chi connectivity index (χ3n) is 5.53. The summed E-state index contributed by atoms with van der Waals surface area (Å²) in [7, 11) is 0. The van der Waals surface area contributed by atoms with E-state index in [1.165, 1.54) is 6.07 Å². The number of aromatic nitrogens is 1. The molecule has 0 aliphatic carbocycles. The van der Waals surface area contributed by atoms with Crippen LogP contribution >= 0.6 is 35.4 Å². The number of nitrogens with zero attached hydrogens (tertiary/aromatic N) is 2. The molecule has 2 saturated heterocycles. The number of rotatable bonds is 5. The Labute approximate surface area is 192 Å². The van der Waals surface area contributed by atoms with E-state index in [9.17, 15) is 13.6 Å². The molecular weight excluding hydrogens is 469 g/mol. The van der Waals surface area contributed by atoms with E-state index in [4.69, 9.17) is 40.3 Å². The molecule has 4 rings (SSSR count). The molecule has 0 spiro atoms. The number of alkyl halides is 2. The third kappa shape index (κ3) is 4.45. The van der Waals surface area contributed by atoms with Crippen LogP contribution in [0.15, 0.2) is 36.5 Å². The molecule has 1 aromatic carbocycles. The van der Waals surface area contributed by atoms with Crippen LogP contribution in [0.2, 0.25) is 10.0 Å². The predicted molar refractivity (Wildman–Crippen MR) is 118 cm³/mol. The van der Waals surface area contributed by atoms with Crippen molar-refractivity contribution in [3.63, 3.8) is 0 Å². The maximum absolute atomic E-state index is 14.2. The Balaban J connectivity index is 1.50. The summed E-state index contributed by atoms with van der Waals surface area (Å²) in [6.45, 7) is 0.653. The Bertz CT molecular complexity index is 991. The standard InChI is InChI=1S/C20H18Cl2F2N4O2S/c21-13-5-12(6-14(22)7-13)20(19(23)24)3-4-28(10-20)16-2-1-11(8-25-16)18(31)26-15-9-30-27-17(15)29/h1-2,5-8,15,19H,3-4,9-10H2,(H,26,31)(H,27,29). The first kappa shape index (κ1) is 22.1. The van der Waals surface area contributed by atoms with Gasteiger partial charge in [-0.25, -0.2) is 19.2 Å². The largest absolute Gasteiger partial charge is 0.362 e. The summed E-state index contributed by atoms with van der Waals surface area (Å²) in [5, 5.41) is 3.56. The van der Waals surface area contributed by atoms with Gasteiger partial charge in [0.2, 0.25) is 6.43 Å². The quantitative estimate of drug-likeness (QED) is 0.630. The van der Waals surface area contributed by atoms with Crippen LogP contribution < -0.4 is 15.7 Å². The van der Waals surface area contributed by atoms with E-state index in [1.54, 1.807) is 35.4 Å². The van der Waals surface area contributed by atoms with Crippen LogP contribution in [0.25, 0.3) is 0 Å². The second-order valence-corrected chi connectivity index (χ2v) is 8.78. The summed E-state index contributed by atoms with van der Waals surface area (Å²) in [4.78, 5) is 23.0. The molecule has 11 heteroatoms. The topological polar surface area (TPSA) is 66.5 Å². The van der Waals surface area contributed by atoms with Gasteiger partial charge in [-0.3, -0.25) is 9.63 Å². The lowest BCUT2D eigenvalue weighted by Crippen LogP contribution is -2.41. The van der Waals surface area contributed by atoms with E-state index in [2.05, 4.69) is 15.8 Å². The molecule has 0 radical (unpaired) electrons. The lowest BCUT2D eigenvalue weighted by Gasteiger charge is -2.29. The van der Waals surface area contributed by atoms with Gasteiger partial charge in [0.1, 0.15) is 23.5 Å². The van der Waals surface area contributed by atoms with Crippen LogP contribution in [0.5, 0.6) is 0 Å². The van der Waals surface area contributed by atoms with Crippen LogP contribution in [0.4, 0.5) is 14.6 Å². The highest BCUT2D eigenvalue weighted by atomic mass is 35.5. The van der Waals surface area contributed by atoms with Gasteiger partial charge in [-0.15, -0.1) is 0 Å². The number of hydrogen-bond acceptors (Lipinski definition) is 5. The van der Waals surface area contributed by atoms with E-state index in [-0.39, 0.29) is 25.5 Å².